The number of nitriles is 1. The van der Waals surface area contributed by atoms with Gasteiger partial charge in [0.15, 0.2) is 6.10 Å². The molecule has 3 nitrogen and oxygen atoms in total. The summed E-state index contributed by atoms with van der Waals surface area (Å²) in [6.45, 7) is 1.69. The van der Waals surface area contributed by atoms with E-state index in [0.717, 1.165) is 8.95 Å². The fourth-order valence-corrected chi connectivity index (χ4v) is 1.87. The first-order chi connectivity index (χ1) is 7.08. The van der Waals surface area contributed by atoms with Crippen LogP contribution in [0.5, 0.6) is 11.5 Å². The summed E-state index contributed by atoms with van der Waals surface area (Å²) in [7, 11) is 1.59. The average Bonchev–Trinajstić information content (AvgIpc) is 2.22. The maximum Gasteiger partial charge on any atom is 0.181 e. The number of hydrogen-bond donors (Lipinski definition) is 0. The van der Waals surface area contributed by atoms with Crippen molar-refractivity contribution in [2.45, 2.75) is 13.0 Å². The van der Waals surface area contributed by atoms with Crippen molar-refractivity contribution in [2.75, 3.05) is 7.11 Å². The Morgan fingerprint density at radius 1 is 1.27 bits per heavy atom. The van der Waals surface area contributed by atoms with E-state index in [1.807, 2.05) is 6.07 Å². The molecule has 0 aliphatic carbocycles. The van der Waals surface area contributed by atoms with E-state index in [1.165, 1.54) is 0 Å². The standard InChI is InChI=1S/C10H9Br2NO2/c1-6(5-13)15-10-4-7(11)9(14-2)3-8(10)12/h3-4,6H,1-2H3. The minimum atomic E-state index is -0.485. The van der Waals surface area contributed by atoms with E-state index in [9.17, 15) is 0 Å². The molecule has 0 amide bonds. The van der Waals surface area contributed by atoms with Crippen LogP contribution < -0.4 is 9.47 Å². The summed E-state index contributed by atoms with van der Waals surface area (Å²) in [6, 6.07) is 5.54. The normalized spacial score (nSPS) is 11.7. The molecule has 0 saturated heterocycles. The molecular formula is C10H9Br2NO2. The number of methoxy groups -OCH3 is 1. The van der Waals surface area contributed by atoms with E-state index in [1.54, 1.807) is 26.2 Å². The third-order valence-corrected chi connectivity index (χ3v) is 2.93. The molecule has 15 heavy (non-hydrogen) atoms. The van der Waals surface area contributed by atoms with Crippen molar-refractivity contribution < 1.29 is 9.47 Å². The van der Waals surface area contributed by atoms with E-state index in [2.05, 4.69) is 31.9 Å². The van der Waals surface area contributed by atoms with Gasteiger partial charge in [-0.1, -0.05) is 0 Å². The zero-order valence-corrected chi connectivity index (χ0v) is 11.4. The molecule has 0 saturated carbocycles. The monoisotopic (exact) mass is 333 g/mol. The van der Waals surface area contributed by atoms with Crippen LogP contribution in [0, 0.1) is 11.3 Å². The van der Waals surface area contributed by atoms with Gasteiger partial charge in [-0.05, 0) is 50.9 Å². The fourth-order valence-electron chi connectivity index (χ4n) is 0.974. The lowest BCUT2D eigenvalue weighted by Gasteiger charge is -2.12. The van der Waals surface area contributed by atoms with Crippen LogP contribution in [0.2, 0.25) is 0 Å². The van der Waals surface area contributed by atoms with Gasteiger partial charge < -0.3 is 9.47 Å². The zero-order chi connectivity index (χ0) is 11.4. The van der Waals surface area contributed by atoms with Crippen LogP contribution in [0.3, 0.4) is 0 Å². The first-order valence-electron chi connectivity index (χ1n) is 4.17. The minimum Gasteiger partial charge on any atom is -0.496 e. The highest BCUT2D eigenvalue weighted by atomic mass is 79.9. The van der Waals surface area contributed by atoms with Crippen molar-refractivity contribution >= 4 is 31.9 Å². The molecule has 80 valence electrons. The van der Waals surface area contributed by atoms with Gasteiger partial charge in [-0.2, -0.15) is 5.26 Å². The molecule has 1 aromatic rings. The number of benzene rings is 1. The molecular weight excluding hydrogens is 326 g/mol. The van der Waals surface area contributed by atoms with Crippen LogP contribution in [0.15, 0.2) is 21.1 Å². The van der Waals surface area contributed by atoms with Gasteiger partial charge in [-0.3, -0.25) is 0 Å². The van der Waals surface area contributed by atoms with Crippen LogP contribution in [-0.2, 0) is 0 Å². The smallest absolute Gasteiger partial charge is 0.181 e. The number of nitrogens with zero attached hydrogens (tertiary/aromatic N) is 1. The Balaban J connectivity index is 3.01. The zero-order valence-electron chi connectivity index (χ0n) is 8.25. The van der Waals surface area contributed by atoms with Gasteiger partial charge in [-0.15, -0.1) is 0 Å². The second-order valence-corrected chi connectivity index (χ2v) is 4.52. The molecule has 0 fully saturated rings. The predicted molar refractivity (Wildman–Crippen MR) is 64.1 cm³/mol. The molecule has 1 rings (SSSR count). The Labute approximate surface area is 105 Å². The lowest BCUT2D eigenvalue weighted by Crippen LogP contribution is -2.08. The van der Waals surface area contributed by atoms with Crippen LogP contribution in [0.4, 0.5) is 0 Å². The van der Waals surface area contributed by atoms with Gasteiger partial charge in [0.1, 0.15) is 17.6 Å². The van der Waals surface area contributed by atoms with Crippen LogP contribution >= 0.6 is 31.9 Å². The van der Waals surface area contributed by atoms with Gasteiger partial charge in [0.2, 0.25) is 0 Å². The first-order valence-corrected chi connectivity index (χ1v) is 5.76. The Hall–Kier alpha value is -0.730. The molecule has 0 bridgehead atoms. The number of hydrogen-bond acceptors (Lipinski definition) is 3. The van der Waals surface area contributed by atoms with E-state index < -0.39 is 6.10 Å². The highest BCUT2D eigenvalue weighted by molar-refractivity contribution is 9.11. The molecule has 0 aliphatic heterocycles. The lowest BCUT2D eigenvalue weighted by molar-refractivity contribution is 0.274. The molecule has 0 aromatic heterocycles. The molecule has 1 aromatic carbocycles. The fraction of sp³-hybridized carbons (Fsp3) is 0.300. The number of rotatable bonds is 3. The molecule has 1 unspecified atom stereocenters. The van der Waals surface area contributed by atoms with Gasteiger partial charge in [0.25, 0.3) is 0 Å². The number of halogens is 2. The summed E-state index contributed by atoms with van der Waals surface area (Å²) < 4.78 is 12.0. The second-order valence-electron chi connectivity index (χ2n) is 2.81. The maximum absolute atomic E-state index is 8.63. The molecule has 0 radical (unpaired) electrons. The van der Waals surface area contributed by atoms with Gasteiger partial charge in [0, 0.05) is 0 Å². The third kappa shape index (κ3) is 3.11. The van der Waals surface area contributed by atoms with Gasteiger partial charge >= 0.3 is 0 Å². The Bertz CT molecular complexity index is 401. The summed E-state index contributed by atoms with van der Waals surface area (Å²) >= 11 is 6.69. The summed E-state index contributed by atoms with van der Waals surface area (Å²) in [5, 5.41) is 8.63. The topological polar surface area (TPSA) is 42.2 Å². The first kappa shape index (κ1) is 12.3. The summed E-state index contributed by atoms with van der Waals surface area (Å²) in [6.07, 6.45) is -0.485. The SMILES string of the molecule is COc1cc(Br)c(OC(C)C#N)cc1Br. The van der Waals surface area contributed by atoms with E-state index in [-0.39, 0.29) is 0 Å². The predicted octanol–water partition coefficient (Wildman–Crippen LogP) is 3.51. The summed E-state index contributed by atoms with van der Waals surface area (Å²) in [5.41, 5.74) is 0. The van der Waals surface area contributed by atoms with Gasteiger partial charge in [0.05, 0.1) is 16.1 Å². The highest BCUT2D eigenvalue weighted by Gasteiger charge is 2.10. The van der Waals surface area contributed by atoms with Crippen LogP contribution in [-0.4, -0.2) is 13.2 Å². The van der Waals surface area contributed by atoms with Crippen molar-refractivity contribution in [1.29, 1.82) is 5.26 Å². The van der Waals surface area contributed by atoms with Crippen molar-refractivity contribution in [2.24, 2.45) is 0 Å². The Morgan fingerprint density at radius 3 is 2.33 bits per heavy atom. The van der Waals surface area contributed by atoms with E-state index in [0.29, 0.717) is 11.5 Å². The molecule has 5 heteroatoms. The highest BCUT2D eigenvalue weighted by Crippen LogP contribution is 2.36. The summed E-state index contributed by atoms with van der Waals surface area (Å²) in [5.74, 6) is 1.32. The Kier molecular flexibility index (Phi) is 4.43. The molecule has 0 spiro atoms. The number of ether oxygens (including phenoxy) is 2. The van der Waals surface area contributed by atoms with Crippen molar-refractivity contribution in [3.63, 3.8) is 0 Å². The maximum atomic E-state index is 8.63. The van der Waals surface area contributed by atoms with Crippen molar-refractivity contribution in [1.82, 2.24) is 0 Å². The molecule has 0 aliphatic rings. The average molecular weight is 335 g/mol. The summed E-state index contributed by atoms with van der Waals surface area (Å²) in [4.78, 5) is 0. The van der Waals surface area contributed by atoms with E-state index in [4.69, 9.17) is 14.7 Å². The Morgan fingerprint density at radius 2 is 1.80 bits per heavy atom. The van der Waals surface area contributed by atoms with Crippen LogP contribution in [0.25, 0.3) is 0 Å². The quantitative estimate of drug-likeness (QED) is 0.849. The molecule has 0 heterocycles. The third-order valence-electron chi connectivity index (χ3n) is 1.69. The minimum absolute atomic E-state index is 0.485. The van der Waals surface area contributed by atoms with Crippen molar-refractivity contribution in [3.8, 4) is 17.6 Å². The van der Waals surface area contributed by atoms with Crippen LogP contribution in [0.1, 0.15) is 6.92 Å². The van der Waals surface area contributed by atoms with Crippen molar-refractivity contribution in [3.05, 3.63) is 21.1 Å². The molecule has 0 N–H and O–H groups in total. The largest absolute Gasteiger partial charge is 0.496 e. The van der Waals surface area contributed by atoms with E-state index >= 15 is 0 Å². The lowest BCUT2D eigenvalue weighted by atomic mass is 10.3. The van der Waals surface area contributed by atoms with Gasteiger partial charge in [-0.25, -0.2) is 0 Å². The molecule has 1 atom stereocenters. The second kappa shape index (κ2) is 5.38.